The Kier molecular flexibility index (Phi) is 7.23. The highest BCUT2D eigenvalue weighted by Crippen LogP contribution is 2.12. The van der Waals surface area contributed by atoms with Crippen molar-refractivity contribution in [2.45, 2.75) is 53.4 Å². The van der Waals surface area contributed by atoms with E-state index in [1.165, 1.54) is 19.3 Å². The smallest absolute Gasteiger partial charge is 0.131 e. The number of nitrogens with one attached hydrogen (secondary N) is 2. The third-order valence-corrected chi connectivity index (χ3v) is 2.91. The van der Waals surface area contributed by atoms with Gasteiger partial charge in [0.05, 0.1) is 0 Å². The molecule has 1 rings (SSSR count). The number of aryl methyl sites for hydroxylation is 1. The van der Waals surface area contributed by atoms with Crippen LogP contribution in [-0.2, 0) is 0 Å². The molecule has 0 aliphatic rings. The monoisotopic (exact) mass is 264 g/mol. The summed E-state index contributed by atoms with van der Waals surface area (Å²) in [6.45, 7) is 10.6. The Bertz CT molecular complexity index is 363. The molecule has 0 amide bonds. The summed E-state index contributed by atoms with van der Waals surface area (Å²) in [5, 5.41) is 6.69. The summed E-state index contributed by atoms with van der Waals surface area (Å²) in [7, 11) is 0. The first-order valence-corrected chi connectivity index (χ1v) is 7.45. The van der Waals surface area contributed by atoms with E-state index in [4.69, 9.17) is 0 Å². The van der Waals surface area contributed by atoms with Gasteiger partial charge in [0, 0.05) is 19.2 Å². The average Bonchev–Trinajstić information content (AvgIpc) is 2.35. The molecule has 0 fully saturated rings. The number of aromatic nitrogens is 2. The van der Waals surface area contributed by atoms with Crippen LogP contribution in [0.2, 0.25) is 0 Å². The van der Waals surface area contributed by atoms with E-state index >= 15 is 0 Å². The van der Waals surface area contributed by atoms with Crippen LogP contribution in [0.4, 0.5) is 11.6 Å². The Balaban J connectivity index is 2.38. The van der Waals surface area contributed by atoms with Crippen molar-refractivity contribution in [3.05, 3.63) is 11.9 Å². The second-order valence-corrected chi connectivity index (χ2v) is 5.43. The highest BCUT2D eigenvalue weighted by molar-refractivity contribution is 5.47. The molecule has 0 atom stereocenters. The molecule has 19 heavy (non-hydrogen) atoms. The Morgan fingerprint density at radius 3 is 2.26 bits per heavy atom. The van der Waals surface area contributed by atoms with Crippen LogP contribution in [0.5, 0.6) is 0 Å². The molecule has 1 aromatic rings. The van der Waals surface area contributed by atoms with Crippen molar-refractivity contribution < 1.29 is 0 Å². The molecule has 0 radical (unpaired) electrons. The summed E-state index contributed by atoms with van der Waals surface area (Å²) in [6.07, 6.45) is 4.86. The molecular formula is C15H28N4. The van der Waals surface area contributed by atoms with Crippen LogP contribution in [0.25, 0.3) is 0 Å². The SMILES string of the molecule is CCCNc1cc(NCCCCC(C)C)nc(C)n1. The van der Waals surface area contributed by atoms with Gasteiger partial charge in [-0.1, -0.05) is 33.6 Å². The molecule has 0 aromatic carbocycles. The minimum atomic E-state index is 0.797. The fourth-order valence-corrected chi connectivity index (χ4v) is 1.90. The predicted octanol–water partition coefficient (Wildman–Crippen LogP) is 3.85. The Morgan fingerprint density at radius 1 is 1.05 bits per heavy atom. The van der Waals surface area contributed by atoms with Gasteiger partial charge in [-0.05, 0) is 25.7 Å². The van der Waals surface area contributed by atoms with Gasteiger partial charge in [0.15, 0.2) is 0 Å². The van der Waals surface area contributed by atoms with Gasteiger partial charge in [-0.3, -0.25) is 0 Å². The fraction of sp³-hybridized carbons (Fsp3) is 0.733. The van der Waals surface area contributed by atoms with E-state index in [1.807, 2.05) is 13.0 Å². The molecule has 4 heteroatoms. The maximum Gasteiger partial charge on any atom is 0.131 e. The van der Waals surface area contributed by atoms with Gasteiger partial charge >= 0.3 is 0 Å². The lowest BCUT2D eigenvalue weighted by Gasteiger charge is -2.10. The van der Waals surface area contributed by atoms with E-state index in [-0.39, 0.29) is 0 Å². The summed E-state index contributed by atoms with van der Waals surface area (Å²) < 4.78 is 0. The molecule has 0 unspecified atom stereocenters. The van der Waals surface area contributed by atoms with Crippen LogP contribution >= 0.6 is 0 Å². The summed E-state index contributed by atoms with van der Waals surface area (Å²) >= 11 is 0. The van der Waals surface area contributed by atoms with E-state index in [2.05, 4.69) is 41.4 Å². The molecule has 108 valence electrons. The lowest BCUT2D eigenvalue weighted by atomic mass is 10.1. The quantitative estimate of drug-likeness (QED) is 0.665. The molecule has 0 saturated heterocycles. The number of unbranched alkanes of at least 4 members (excludes halogenated alkanes) is 1. The van der Waals surface area contributed by atoms with Crippen LogP contribution in [0, 0.1) is 12.8 Å². The molecule has 1 heterocycles. The third kappa shape index (κ3) is 6.99. The first-order valence-electron chi connectivity index (χ1n) is 7.45. The standard InChI is InChI=1S/C15H28N4/c1-5-9-16-14-11-15(19-13(4)18-14)17-10-7-6-8-12(2)3/h11-12H,5-10H2,1-4H3,(H2,16,17,18,19). The molecule has 1 aromatic heterocycles. The van der Waals surface area contributed by atoms with Crippen LogP contribution in [0.3, 0.4) is 0 Å². The topological polar surface area (TPSA) is 49.8 Å². The predicted molar refractivity (Wildman–Crippen MR) is 82.7 cm³/mol. The summed E-state index contributed by atoms with van der Waals surface area (Å²) in [5.41, 5.74) is 0. The van der Waals surface area contributed by atoms with Crippen LogP contribution in [0.15, 0.2) is 6.07 Å². The molecule has 4 nitrogen and oxygen atoms in total. The number of hydrogen-bond acceptors (Lipinski definition) is 4. The van der Waals surface area contributed by atoms with Gasteiger partial charge in [-0.2, -0.15) is 0 Å². The van der Waals surface area contributed by atoms with E-state index in [0.717, 1.165) is 42.9 Å². The minimum Gasteiger partial charge on any atom is -0.370 e. The van der Waals surface area contributed by atoms with Crippen molar-refractivity contribution in [1.82, 2.24) is 9.97 Å². The summed E-state index contributed by atoms with van der Waals surface area (Å²) in [4.78, 5) is 8.79. The van der Waals surface area contributed by atoms with Gasteiger partial charge in [-0.15, -0.1) is 0 Å². The van der Waals surface area contributed by atoms with Gasteiger partial charge in [-0.25, -0.2) is 9.97 Å². The number of hydrogen-bond donors (Lipinski definition) is 2. The van der Waals surface area contributed by atoms with E-state index < -0.39 is 0 Å². The number of anilines is 2. The molecule has 0 bridgehead atoms. The van der Waals surface area contributed by atoms with Gasteiger partial charge in [0.1, 0.15) is 17.5 Å². The van der Waals surface area contributed by atoms with Gasteiger partial charge < -0.3 is 10.6 Å². The molecule has 2 N–H and O–H groups in total. The number of rotatable bonds is 9. The third-order valence-electron chi connectivity index (χ3n) is 2.91. The van der Waals surface area contributed by atoms with E-state index in [0.29, 0.717) is 0 Å². The zero-order valence-corrected chi connectivity index (χ0v) is 12.8. The van der Waals surface area contributed by atoms with E-state index in [1.54, 1.807) is 0 Å². The molecule has 0 aliphatic heterocycles. The second-order valence-electron chi connectivity index (χ2n) is 5.43. The van der Waals surface area contributed by atoms with Crippen molar-refractivity contribution in [1.29, 1.82) is 0 Å². The largest absolute Gasteiger partial charge is 0.370 e. The van der Waals surface area contributed by atoms with Crippen LogP contribution in [0.1, 0.15) is 52.3 Å². The molecule has 0 spiro atoms. The Morgan fingerprint density at radius 2 is 1.68 bits per heavy atom. The van der Waals surface area contributed by atoms with Gasteiger partial charge in [0.2, 0.25) is 0 Å². The molecular weight excluding hydrogens is 236 g/mol. The minimum absolute atomic E-state index is 0.797. The zero-order valence-electron chi connectivity index (χ0n) is 12.8. The van der Waals surface area contributed by atoms with Gasteiger partial charge in [0.25, 0.3) is 0 Å². The normalized spacial score (nSPS) is 10.8. The molecule has 0 saturated carbocycles. The highest BCUT2D eigenvalue weighted by Gasteiger charge is 2.01. The molecule has 0 aliphatic carbocycles. The first-order chi connectivity index (χ1) is 9.11. The van der Waals surface area contributed by atoms with Crippen molar-refractivity contribution in [3.63, 3.8) is 0 Å². The lowest BCUT2D eigenvalue weighted by Crippen LogP contribution is -2.08. The van der Waals surface area contributed by atoms with Crippen molar-refractivity contribution in [2.24, 2.45) is 5.92 Å². The lowest BCUT2D eigenvalue weighted by molar-refractivity contribution is 0.544. The number of nitrogens with zero attached hydrogens (tertiary/aromatic N) is 2. The maximum absolute atomic E-state index is 4.41. The maximum atomic E-state index is 4.41. The average molecular weight is 264 g/mol. The Labute approximate surface area is 117 Å². The second kappa shape index (κ2) is 8.73. The highest BCUT2D eigenvalue weighted by atomic mass is 15.1. The summed E-state index contributed by atoms with van der Waals surface area (Å²) in [5.74, 6) is 3.45. The zero-order chi connectivity index (χ0) is 14.1. The van der Waals surface area contributed by atoms with E-state index in [9.17, 15) is 0 Å². The van der Waals surface area contributed by atoms with Crippen molar-refractivity contribution in [2.75, 3.05) is 23.7 Å². The van der Waals surface area contributed by atoms with Crippen molar-refractivity contribution >= 4 is 11.6 Å². The fourth-order valence-electron chi connectivity index (χ4n) is 1.90. The Hall–Kier alpha value is -1.32. The first kappa shape index (κ1) is 15.7. The van der Waals surface area contributed by atoms with Crippen LogP contribution < -0.4 is 10.6 Å². The van der Waals surface area contributed by atoms with Crippen LogP contribution in [-0.4, -0.2) is 23.1 Å². The summed E-state index contributed by atoms with van der Waals surface area (Å²) in [6, 6.07) is 1.99. The van der Waals surface area contributed by atoms with Crippen molar-refractivity contribution in [3.8, 4) is 0 Å².